The number of carbonyl (C=O) groups excluding carboxylic acids is 3. The number of nitrogens with one attached hydrogen (secondary N) is 3. The van der Waals surface area contributed by atoms with E-state index in [1.54, 1.807) is 42.0 Å². The van der Waals surface area contributed by atoms with Crippen LogP contribution in [0.5, 0.6) is 10.8 Å². The van der Waals surface area contributed by atoms with Gasteiger partial charge in [0.1, 0.15) is 17.8 Å². The van der Waals surface area contributed by atoms with Gasteiger partial charge in [0.15, 0.2) is 0 Å². The maximum absolute atomic E-state index is 13.7. The molecule has 10 nitrogen and oxygen atoms in total. The van der Waals surface area contributed by atoms with Crippen LogP contribution in [0.1, 0.15) is 29.2 Å². The molecule has 0 aliphatic rings. The molecule has 5 N–H and O–H groups in total. The lowest BCUT2D eigenvalue weighted by Crippen LogP contribution is -2.55. The summed E-state index contributed by atoms with van der Waals surface area (Å²) < 4.78 is 10.9. The molecule has 2 aromatic heterocycles. The summed E-state index contributed by atoms with van der Waals surface area (Å²) in [5.41, 5.74) is 9.06. The summed E-state index contributed by atoms with van der Waals surface area (Å²) in [6, 6.07) is 17.9. The molecule has 2 aromatic carbocycles. The molecule has 2 heterocycles. The lowest BCUT2D eigenvalue weighted by atomic mass is 10.0. The van der Waals surface area contributed by atoms with Crippen molar-refractivity contribution in [1.29, 1.82) is 0 Å². The number of halogens is 1. The normalized spacial score (nSPS) is 12.1. The summed E-state index contributed by atoms with van der Waals surface area (Å²) in [5, 5.41) is 10.5. The zero-order valence-electron chi connectivity index (χ0n) is 24.1. The Labute approximate surface area is 264 Å². The van der Waals surface area contributed by atoms with Gasteiger partial charge in [0.05, 0.1) is 11.6 Å². The van der Waals surface area contributed by atoms with Gasteiger partial charge >= 0.3 is 6.09 Å². The number of rotatable bonds is 14. The number of nitrogens with two attached hydrogens (primary N) is 1. The fraction of sp³-hybridized carbons (Fsp3) is 0.250. The number of nitrogens with zero attached hydrogens (tertiary/aromatic N) is 1. The number of carbonyl (C=O) groups is 3. The third kappa shape index (κ3) is 9.80. The summed E-state index contributed by atoms with van der Waals surface area (Å²) in [7, 11) is 0. The molecule has 230 valence electrons. The summed E-state index contributed by atoms with van der Waals surface area (Å²) in [6.45, 7) is 3.08. The lowest BCUT2D eigenvalue weighted by molar-refractivity contribution is -0.130. The molecule has 0 saturated heterocycles. The Morgan fingerprint density at radius 3 is 2.20 bits per heavy atom. The summed E-state index contributed by atoms with van der Waals surface area (Å²) >= 11 is 7.23. The number of ether oxygens (including phenoxy) is 2. The van der Waals surface area contributed by atoms with Crippen LogP contribution < -0.4 is 31.2 Å². The van der Waals surface area contributed by atoms with Gasteiger partial charge in [-0.15, -0.1) is 11.3 Å². The molecule has 3 amide bonds. The van der Waals surface area contributed by atoms with Crippen LogP contribution in [0.3, 0.4) is 0 Å². The minimum Gasteiger partial charge on any atom is -0.494 e. The van der Waals surface area contributed by atoms with Gasteiger partial charge in [-0.05, 0) is 58.8 Å². The van der Waals surface area contributed by atoms with E-state index in [0.29, 0.717) is 18.9 Å². The first-order chi connectivity index (χ1) is 21.3. The standard InChI is InChI=1S/C32H34ClN5O5S/c1-2-42-25-11-9-21(10-12-25)16-28(38-32(41)43-31-26(33)13-15-44-31)30(40)37-27(17-24-4-3-14-35-19-24)29(39)36-20-23-7-5-22(18-34)6-8-23/h3-15,19,27-28H,2,16-18,20,34H2,1H3,(H,36,39)(H,37,40)(H,38,41)/t27-,28+/m0/s1. The van der Waals surface area contributed by atoms with E-state index in [0.717, 1.165) is 33.6 Å². The molecular weight excluding hydrogens is 602 g/mol. The van der Waals surface area contributed by atoms with Gasteiger partial charge < -0.3 is 31.2 Å². The number of aromatic nitrogens is 1. The average Bonchev–Trinajstić information content (AvgIpc) is 3.44. The number of hydrogen-bond acceptors (Lipinski definition) is 8. The van der Waals surface area contributed by atoms with Crippen LogP contribution in [-0.4, -0.2) is 41.6 Å². The van der Waals surface area contributed by atoms with Gasteiger partial charge in [-0.3, -0.25) is 14.6 Å². The van der Waals surface area contributed by atoms with Crippen molar-refractivity contribution in [3.8, 4) is 10.8 Å². The van der Waals surface area contributed by atoms with E-state index in [1.165, 1.54) is 0 Å². The second-order valence-corrected chi connectivity index (χ2v) is 11.1. The lowest BCUT2D eigenvalue weighted by Gasteiger charge is -2.23. The van der Waals surface area contributed by atoms with E-state index in [2.05, 4.69) is 20.9 Å². The van der Waals surface area contributed by atoms with Gasteiger partial charge in [0.25, 0.3) is 0 Å². The number of amides is 3. The van der Waals surface area contributed by atoms with E-state index < -0.39 is 30.0 Å². The topological polar surface area (TPSA) is 145 Å². The van der Waals surface area contributed by atoms with Crippen LogP contribution in [0.4, 0.5) is 4.79 Å². The Kier molecular flexibility index (Phi) is 12.1. The molecule has 0 aliphatic heterocycles. The predicted octanol–water partition coefficient (Wildman–Crippen LogP) is 4.40. The second kappa shape index (κ2) is 16.4. The van der Waals surface area contributed by atoms with Crippen molar-refractivity contribution in [3.05, 3.63) is 112 Å². The largest absolute Gasteiger partial charge is 0.494 e. The Balaban J connectivity index is 1.51. The van der Waals surface area contributed by atoms with E-state index in [4.69, 9.17) is 26.8 Å². The van der Waals surface area contributed by atoms with Crippen LogP contribution in [0, 0.1) is 0 Å². The molecule has 0 bridgehead atoms. The molecule has 0 aliphatic carbocycles. The third-order valence-corrected chi connectivity index (χ3v) is 7.77. The highest BCUT2D eigenvalue weighted by atomic mass is 35.5. The van der Waals surface area contributed by atoms with E-state index in [1.807, 2.05) is 49.4 Å². The maximum Gasteiger partial charge on any atom is 0.414 e. The molecule has 12 heteroatoms. The SMILES string of the molecule is CCOc1ccc(C[C@@H](NC(=O)Oc2sccc2Cl)C(=O)N[C@@H](Cc2cccnc2)C(=O)NCc2ccc(CN)cc2)cc1. The Morgan fingerprint density at radius 1 is 0.886 bits per heavy atom. The van der Waals surface area contributed by atoms with Crippen molar-refractivity contribution >= 4 is 40.8 Å². The number of hydrogen-bond donors (Lipinski definition) is 4. The zero-order valence-corrected chi connectivity index (χ0v) is 25.7. The predicted molar refractivity (Wildman–Crippen MR) is 170 cm³/mol. The molecule has 0 spiro atoms. The number of thiophene rings is 1. The molecule has 4 aromatic rings. The second-order valence-electron chi connectivity index (χ2n) is 9.79. The molecule has 44 heavy (non-hydrogen) atoms. The van der Waals surface area contributed by atoms with Crippen LogP contribution in [0.2, 0.25) is 5.02 Å². The third-order valence-electron chi connectivity index (χ3n) is 6.57. The van der Waals surface area contributed by atoms with Crippen molar-refractivity contribution in [3.63, 3.8) is 0 Å². The van der Waals surface area contributed by atoms with Gasteiger partial charge in [0.2, 0.25) is 16.9 Å². The quantitative estimate of drug-likeness (QED) is 0.161. The Morgan fingerprint density at radius 2 is 1.57 bits per heavy atom. The van der Waals surface area contributed by atoms with E-state index >= 15 is 0 Å². The summed E-state index contributed by atoms with van der Waals surface area (Å²) in [6.07, 6.45) is 2.72. The first-order valence-electron chi connectivity index (χ1n) is 14.0. The first-order valence-corrected chi connectivity index (χ1v) is 15.3. The van der Waals surface area contributed by atoms with Gasteiger partial charge in [0, 0.05) is 38.3 Å². The monoisotopic (exact) mass is 635 g/mol. The molecule has 0 radical (unpaired) electrons. The minimum absolute atomic E-state index is 0.125. The van der Waals surface area contributed by atoms with E-state index in [9.17, 15) is 14.4 Å². The van der Waals surface area contributed by atoms with Crippen molar-refractivity contribution < 1.29 is 23.9 Å². The van der Waals surface area contributed by atoms with Crippen molar-refractivity contribution in [2.45, 2.75) is 44.9 Å². The van der Waals surface area contributed by atoms with E-state index in [-0.39, 0.29) is 29.5 Å². The molecule has 2 atom stereocenters. The van der Waals surface area contributed by atoms with Crippen molar-refractivity contribution in [2.24, 2.45) is 5.73 Å². The number of pyridine rings is 1. The van der Waals surface area contributed by atoms with Crippen LogP contribution >= 0.6 is 22.9 Å². The van der Waals surface area contributed by atoms with Crippen LogP contribution in [0.15, 0.2) is 84.5 Å². The molecule has 4 rings (SSSR count). The zero-order chi connectivity index (χ0) is 31.3. The molecule has 0 fully saturated rings. The van der Waals surface area contributed by atoms with Gasteiger partial charge in [-0.25, -0.2) is 4.79 Å². The smallest absolute Gasteiger partial charge is 0.414 e. The van der Waals surface area contributed by atoms with Crippen LogP contribution in [-0.2, 0) is 35.5 Å². The first kappa shape index (κ1) is 32.5. The number of benzene rings is 2. The summed E-state index contributed by atoms with van der Waals surface area (Å²) in [4.78, 5) is 44.1. The molecular formula is C32H34ClN5O5S. The Bertz CT molecular complexity index is 1520. The fourth-order valence-electron chi connectivity index (χ4n) is 4.28. The fourth-order valence-corrected chi connectivity index (χ4v) is 5.23. The minimum atomic E-state index is -1.08. The highest BCUT2D eigenvalue weighted by Crippen LogP contribution is 2.30. The highest BCUT2D eigenvalue weighted by molar-refractivity contribution is 7.12. The Hall–Kier alpha value is -4.45. The summed E-state index contributed by atoms with van der Waals surface area (Å²) in [5.74, 6) is -0.273. The maximum atomic E-state index is 13.7. The van der Waals surface area contributed by atoms with Gasteiger partial charge in [-0.2, -0.15) is 0 Å². The average molecular weight is 636 g/mol. The van der Waals surface area contributed by atoms with Gasteiger partial charge in [-0.1, -0.05) is 54.1 Å². The molecule has 0 unspecified atom stereocenters. The highest BCUT2D eigenvalue weighted by Gasteiger charge is 2.28. The molecule has 0 saturated carbocycles. The van der Waals surface area contributed by atoms with Crippen molar-refractivity contribution in [2.75, 3.05) is 6.61 Å². The van der Waals surface area contributed by atoms with Crippen LogP contribution in [0.25, 0.3) is 0 Å². The van der Waals surface area contributed by atoms with Crippen molar-refractivity contribution in [1.82, 2.24) is 20.9 Å².